The topological polar surface area (TPSA) is 185 Å². The van der Waals surface area contributed by atoms with Gasteiger partial charge in [-0.25, -0.2) is 9.13 Å². The van der Waals surface area contributed by atoms with E-state index in [0.29, 0.717) is 0 Å². The summed E-state index contributed by atoms with van der Waals surface area (Å²) in [4.78, 5) is 46.9. The van der Waals surface area contributed by atoms with Crippen LogP contribution < -0.4 is 19.6 Å². The predicted molar refractivity (Wildman–Crippen MR) is 96.8 cm³/mol. The predicted octanol–water partition coefficient (Wildman–Crippen LogP) is -2.10. The maximum atomic E-state index is 10.3. The molecule has 0 aromatic carbocycles. The molecular weight excluding hydrogens is 425 g/mol. The molecule has 15 heteroatoms. The SMILES string of the molecule is CC[NH+](CC)CC.CC[NH+](CC)CC.O=P([O-])([O-])OP(=O)(O)OP(=O)(O)O. The van der Waals surface area contributed by atoms with Crippen molar-refractivity contribution in [2.45, 2.75) is 41.5 Å². The van der Waals surface area contributed by atoms with Crippen LogP contribution in [0.3, 0.4) is 0 Å². The Labute approximate surface area is 161 Å². The van der Waals surface area contributed by atoms with Crippen LogP contribution in [-0.2, 0) is 22.3 Å². The van der Waals surface area contributed by atoms with Crippen molar-refractivity contribution >= 4 is 23.5 Å². The van der Waals surface area contributed by atoms with Crippen molar-refractivity contribution in [1.82, 2.24) is 0 Å². The molecule has 0 saturated carbocycles. The molecule has 0 fully saturated rings. The van der Waals surface area contributed by atoms with Gasteiger partial charge in [-0.1, -0.05) is 0 Å². The van der Waals surface area contributed by atoms with Crippen molar-refractivity contribution in [1.29, 1.82) is 0 Å². The highest BCUT2D eigenvalue weighted by atomic mass is 31.3. The molecule has 0 aromatic rings. The third kappa shape index (κ3) is 26.3. The molecule has 12 nitrogen and oxygen atoms in total. The van der Waals surface area contributed by atoms with E-state index in [1.807, 2.05) is 0 Å². The van der Waals surface area contributed by atoms with Crippen LogP contribution in [0.4, 0.5) is 0 Å². The van der Waals surface area contributed by atoms with Crippen LogP contribution >= 0.6 is 23.5 Å². The first-order valence-electron chi connectivity index (χ1n) is 8.61. The molecule has 0 aliphatic heterocycles. The van der Waals surface area contributed by atoms with Crippen LogP contribution in [0.25, 0.3) is 0 Å². The highest BCUT2D eigenvalue weighted by Crippen LogP contribution is 2.62. The Bertz CT molecular complexity index is 437. The lowest BCUT2D eigenvalue weighted by Crippen LogP contribution is -3.11. The number of hydrogen-bond acceptors (Lipinski definition) is 7. The molecule has 0 saturated heterocycles. The minimum atomic E-state index is -5.85. The average Bonchev–Trinajstić information content (AvgIpc) is 2.47. The van der Waals surface area contributed by atoms with Crippen molar-refractivity contribution in [2.24, 2.45) is 0 Å². The normalized spacial score (nSPS) is 14.1. The third-order valence-electron chi connectivity index (χ3n) is 3.41. The van der Waals surface area contributed by atoms with E-state index in [1.165, 1.54) is 39.3 Å². The number of phosphoric acid groups is 3. The summed E-state index contributed by atoms with van der Waals surface area (Å²) in [6.07, 6.45) is 0. The van der Waals surface area contributed by atoms with Crippen LogP contribution in [0, 0.1) is 0 Å². The third-order valence-corrected chi connectivity index (χ3v) is 6.71. The Morgan fingerprint density at radius 2 is 0.926 bits per heavy atom. The summed E-state index contributed by atoms with van der Waals surface area (Å²) in [6.45, 7) is 21.0. The van der Waals surface area contributed by atoms with E-state index in [9.17, 15) is 23.5 Å². The molecule has 1 unspecified atom stereocenters. The molecule has 0 bridgehead atoms. The zero-order valence-electron chi connectivity index (χ0n) is 16.8. The van der Waals surface area contributed by atoms with Gasteiger partial charge in [0.05, 0.1) is 47.1 Å². The van der Waals surface area contributed by atoms with Crippen molar-refractivity contribution in [2.75, 3.05) is 39.3 Å². The molecular formula is C12H35N2O10P3. The maximum Gasteiger partial charge on any atom is 0.484 e. The van der Waals surface area contributed by atoms with Crippen LogP contribution in [0.5, 0.6) is 0 Å². The monoisotopic (exact) mass is 460 g/mol. The molecule has 0 aromatic heterocycles. The van der Waals surface area contributed by atoms with E-state index >= 15 is 0 Å². The largest absolute Gasteiger partial charge is 0.789 e. The van der Waals surface area contributed by atoms with Crippen molar-refractivity contribution in [3.05, 3.63) is 0 Å². The van der Waals surface area contributed by atoms with Gasteiger partial charge in [0.2, 0.25) is 0 Å². The maximum absolute atomic E-state index is 10.3. The van der Waals surface area contributed by atoms with Crippen molar-refractivity contribution in [3.63, 3.8) is 0 Å². The highest BCUT2D eigenvalue weighted by Gasteiger charge is 2.33. The molecule has 0 spiro atoms. The molecule has 0 radical (unpaired) electrons. The summed E-state index contributed by atoms with van der Waals surface area (Å²) in [7, 11) is -16.9. The standard InChI is InChI=1S/2C6H15N.H5O10P3/c2*1-4-7(5-2)6-3;1-11(2,3)9-13(7,8)10-12(4,5)6/h2*4-6H2,1-3H3;(H,7,8)(H2,1,2,3)(H2,4,5,6). The van der Waals surface area contributed by atoms with E-state index < -0.39 is 23.5 Å². The van der Waals surface area contributed by atoms with Crippen LogP contribution in [0.1, 0.15) is 41.5 Å². The lowest BCUT2D eigenvalue weighted by atomic mass is 10.5. The van der Waals surface area contributed by atoms with Crippen LogP contribution in [0.2, 0.25) is 0 Å². The molecule has 5 N–H and O–H groups in total. The van der Waals surface area contributed by atoms with Gasteiger partial charge in [-0.05, 0) is 41.5 Å². The molecule has 0 rings (SSSR count). The van der Waals surface area contributed by atoms with Gasteiger partial charge in [-0.3, -0.25) is 4.31 Å². The minimum absolute atomic E-state index is 1.27. The molecule has 168 valence electrons. The fraction of sp³-hybridized carbons (Fsp3) is 1.00. The Kier molecular flexibility index (Phi) is 19.2. The minimum Gasteiger partial charge on any atom is -0.789 e. The quantitative estimate of drug-likeness (QED) is 0.226. The Morgan fingerprint density at radius 3 is 1.04 bits per heavy atom. The average molecular weight is 460 g/mol. The van der Waals surface area contributed by atoms with Crippen LogP contribution in [0.15, 0.2) is 0 Å². The van der Waals surface area contributed by atoms with Gasteiger partial charge in [0.25, 0.3) is 0 Å². The zero-order valence-corrected chi connectivity index (χ0v) is 19.5. The van der Waals surface area contributed by atoms with Gasteiger partial charge in [0.1, 0.15) is 0 Å². The van der Waals surface area contributed by atoms with Crippen LogP contribution in [-0.4, -0.2) is 53.9 Å². The Morgan fingerprint density at radius 1 is 0.667 bits per heavy atom. The van der Waals surface area contributed by atoms with E-state index in [4.69, 9.17) is 14.7 Å². The molecule has 0 aliphatic rings. The first-order chi connectivity index (χ1) is 12.1. The zero-order chi connectivity index (χ0) is 22.3. The summed E-state index contributed by atoms with van der Waals surface area (Å²) in [6, 6.07) is 0. The fourth-order valence-corrected chi connectivity index (χ4v) is 4.25. The van der Waals surface area contributed by atoms with Gasteiger partial charge in [-0.2, -0.15) is 4.31 Å². The summed E-state index contributed by atoms with van der Waals surface area (Å²) in [5, 5.41) is 0. The molecule has 0 amide bonds. The van der Waals surface area contributed by atoms with Gasteiger partial charge in [0.15, 0.2) is 0 Å². The number of nitrogens with one attached hydrogen (secondary N) is 2. The summed E-state index contributed by atoms with van der Waals surface area (Å²) in [5.74, 6) is 0. The lowest BCUT2D eigenvalue weighted by molar-refractivity contribution is -0.894. The lowest BCUT2D eigenvalue weighted by Gasteiger charge is -2.29. The second kappa shape index (κ2) is 16.2. The van der Waals surface area contributed by atoms with E-state index in [1.54, 1.807) is 9.80 Å². The Balaban J connectivity index is -0.000000350. The van der Waals surface area contributed by atoms with Gasteiger partial charge in [-0.15, -0.1) is 0 Å². The van der Waals surface area contributed by atoms with Crippen molar-refractivity contribution in [3.8, 4) is 0 Å². The summed E-state index contributed by atoms with van der Waals surface area (Å²) in [5.41, 5.74) is 0. The van der Waals surface area contributed by atoms with Crippen molar-refractivity contribution < 1.29 is 56.6 Å². The molecule has 0 aliphatic carbocycles. The van der Waals surface area contributed by atoms with E-state index in [-0.39, 0.29) is 0 Å². The number of rotatable bonds is 10. The molecule has 27 heavy (non-hydrogen) atoms. The van der Waals surface area contributed by atoms with E-state index in [2.05, 4.69) is 50.2 Å². The smallest absolute Gasteiger partial charge is 0.484 e. The second-order valence-corrected chi connectivity index (χ2v) is 9.31. The first-order valence-corrected chi connectivity index (χ1v) is 13.1. The summed E-state index contributed by atoms with van der Waals surface area (Å²) < 4.78 is 35.7. The van der Waals surface area contributed by atoms with Gasteiger partial charge >= 0.3 is 15.6 Å². The number of quaternary nitrogens is 2. The second-order valence-electron chi connectivity index (χ2n) is 5.19. The van der Waals surface area contributed by atoms with Gasteiger partial charge < -0.3 is 38.8 Å². The first kappa shape index (κ1) is 32.0. The summed E-state index contributed by atoms with van der Waals surface area (Å²) >= 11 is 0. The Hall–Kier alpha value is 0.330. The molecule has 1 atom stereocenters. The highest BCUT2D eigenvalue weighted by molar-refractivity contribution is 7.65. The van der Waals surface area contributed by atoms with Gasteiger partial charge in [0, 0.05) is 0 Å². The molecule has 0 heterocycles. The fourth-order valence-electron chi connectivity index (χ4n) is 1.78. The van der Waals surface area contributed by atoms with E-state index in [0.717, 1.165) is 0 Å². The number of hydrogen-bond donors (Lipinski definition) is 5.